The van der Waals surface area contributed by atoms with Gasteiger partial charge in [-0.05, 0) is 41.8 Å². The largest absolute Gasteiger partial charge is 0.455 e. The van der Waals surface area contributed by atoms with Crippen LogP contribution in [0.3, 0.4) is 0 Å². The summed E-state index contributed by atoms with van der Waals surface area (Å²) in [7, 11) is 0. The SMILES string of the molecule is c1ccc(-c2cc(-c3ccccc3)nc(-c3cc4c5ccccc5oc4c4c(-n5c6ccccc6c6ccccc65)cccc34)n2)cc1. The zero-order valence-electron chi connectivity index (χ0n) is 25.8. The van der Waals surface area contributed by atoms with Crippen molar-refractivity contribution in [3.63, 3.8) is 0 Å². The summed E-state index contributed by atoms with van der Waals surface area (Å²) in [4.78, 5) is 10.5. The van der Waals surface area contributed by atoms with Crippen molar-refractivity contribution in [2.45, 2.75) is 0 Å². The second kappa shape index (κ2) is 10.5. The van der Waals surface area contributed by atoms with Gasteiger partial charge in [0.15, 0.2) is 5.82 Å². The Morgan fingerprint density at radius 2 is 0.979 bits per heavy atom. The molecule has 0 aliphatic carbocycles. The van der Waals surface area contributed by atoms with E-state index in [1.165, 1.54) is 10.8 Å². The Kier molecular flexibility index (Phi) is 5.84. The fraction of sp³-hybridized carbons (Fsp3) is 0. The molecule has 4 heteroatoms. The molecule has 4 nitrogen and oxygen atoms in total. The van der Waals surface area contributed by atoms with Gasteiger partial charge < -0.3 is 8.98 Å². The summed E-state index contributed by atoms with van der Waals surface area (Å²) < 4.78 is 9.13. The van der Waals surface area contributed by atoms with Gasteiger partial charge in [-0.2, -0.15) is 0 Å². The van der Waals surface area contributed by atoms with E-state index in [1.807, 2.05) is 24.3 Å². The van der Waals surface area contributed by atoms with Crippen LogP contribution in [0, 0.1) is 0 Å². The highest BCUT2D eigenvalue weighted by molar-refractivity contribution is 6.22. The van der Waals surface area contributed by atoms with Crippen molar-refractivity contribution < 1.29 is 4.42 Å². The number of para-hydroxylation sites is 3. The summed E-state index contributed by atoms with van der Waals surface area (Å²) in [5.41, 5.74) is 9.87. The lowest BCUT2D eigenvalue weighted by atomic mass is 9.97. The molecule has 10 aromatic rings. The molecular formula is C44H27N3O. The number of furan rings is 1. The molecule has 224 valence electrons. The van der Waals surface area contributed by atoms with Crippen LogP contribution in [0.4, 0.5) is 0 Å². The Morgan fingerprint density at radius 3 is 1.62 bits per heavy atom. The van der Waals surface area contributed by atoms with Gasteiger partial charge in [0.05, 0.1) is 28.1 Å². The van der Waals surface area contributed by atoms with E-state index in [2.05, 4.69) is 144 Å². The van der Waals surface area contributed by atoms with Crippen LogP contribution in [0.2, 0.25) is 0 Å². The van der Waals surface area contributed by atoms with Crippen LogP contribution in [-0.2, 0) is 0 Å². The molecule has 0 spiro atoms. The molecule has 0 unspecified atom stereocenters. The molecule has 7 aromatic carbocycles. The van der Waals surface area contributed by atoms with E-state index >= 15 is 0 Å². The van der Waals surface area contributed by atoms with Crippen molar-refractivity contribution in [3.8, 4) is 39.6 Å². The van der Waals surface area contributed by atoms with Crippen LogP contribution >= 0.6 is 0 Å². The molecule has 0 saturated carbocycles. The van der Waals surface area contributed by atoms with E-state index in [4.69, 9.17) is 14.4 Å². The van der Waals surface area contributed by atoms with Crippen LogP contribution in [0.1, 0.15) is 0 Å². The smallest absolute Gasteiger partial charge is 0.161 e. The summed E-state index contributed by atoms with van der Waals surface area (Å²) in [5, 5.41) is 6.60. The molecule has 0 fully saturated rings. The number of rotatable bonds is 4. The molecule has 10 rings (SSSR count). The van der Waals surface area contributed by atoms with Crippen LogP contribution in [0.15, 0.2) is 168 Å². The van der Waals surface area contributed by atoms with Crippen LogP contribution in [0.5, 0.6) is 0 Å². The van der Waals surface area contributed by atoms with Crippen LogP contribution < -0.4 is 0 Å². The lowest BCUT2D eigenvalue weighted by molar-refractivity contribution is 0.672. The first-order chi connectivity index (χ1) is 23.8. The van der Waals surface area contributed by atoms with Gasteiger partial charge in [0.2, 0.25) is 0 Å². The zero-order valence-corrected chi connectivity index (χ0v) is 25.8. The fourth-order valence-electron chi connectivity index (χ4n) is 7.25. The quantitative estimate of drug-likeness (QED) is 0.198. The van der Waals surface area contributed by atoms with Crippen molar-refractivity contribution >= 4 is 54.5 Å². The summed E-state index contributed by atoms with van der Waals surface area (Å²) in [6.45, 7) is 0. The highest BCUT2D eigenvalue weighted by atomic mass is 16.3. The average molecular weight is 614 g/mol. The van der Waals surface area contributed by atoms with Crippen molar-refractivity contribution in [2.75, 3.05) is 0 Å². The van der Waals surface area contributed by atoms with Crippen LogP contribution in [0.25, 0.3) is 94.1 Å². The lowest BCUT2D eigenvalue weighted by Gasteiger charge is -2.15. The number of aromatic nitrogens is 3. The maximum absolute atomic E-state index is 6.75. The number of hydrogen-bond donors (Lipinski definition) is 0. The van der Waals surface area contributed by atoms with Gasteiger partial charge in [0, 0.05) is 43.6 Å². The van der Waals surface area contributed by atoms with Crippen LogP contribution in [-0.4, -0.2) is 14.5 Å². The summed E-state index contributed by atoms with van der Waals surface area (Å²) in [6, 6.07) is 57.0. The number of benzene rings is 7. The normalized spacial score (nSPS) is 11.8. The topological polar surface area (TPSA) is 43.9 Å². The predicted molar refractivity (Wildman–Crippen MR) is 197 cm³/mol. The molecule has 0 atom stereocenters. The Labute approximate surface area is 276 Å². The summed E-state index contributed by atoms with van der Waals surface area (Å²) in [5.74, 6) is 0.673. The van der Waals surface area contributed by atoms with Gasteiger partial charge in [0.25, 0.3) is 0 Å². The van der Waals surface area contributed by atoms with Crippen molar-refractivity contribution in [3.05, 3.63) is 164 Å². The van der Waals surface area contributed by atoms with E-state index in [-0.39, 0.29) is 0 Å². The lowest BCUT2D eigenvalue weighted by Crippen LogP contribution is -1.99. The Bertz CT molecular complexity index is 2720. The summed E-state index contributed by atoms with van der Waals surface area (Å²) >= 11 is 0. The van der Waals surface area contributed by atoms with E-state index in [1.54, 1.807) is 0 Å². The molecule has 0 amide bonds. The van der Waals surface area contributed by atoms with Gasteiger partial charge in [-0.25, -0.2) is 9.97 Å². The second-order valence-electron chi connectivity index (χ2n) is 12.2. The minimum absolute atomic E-state index is 0.673. The maximum atomic E-state index is 6.75. The zero-order chi connectivity index (χ0) is 31.6. The average Bonchev–Trinajstić information content (AvgIpc) is 3.71. The molecule has 0 radical (unpaired) electrons. The molecule has 0 N–H and O–H groups in total. The third-order valence-electron chi connectivity index (χ3n) is 9.41. The monoisotopic (exact) mass is 613 g/mol. The maximum Gasteiger partial charge on any atom is 0.161 e. The van der Waals surface area contributed by atoms with Gasteiger partial charge in [0.1, 0.15) is 11.2 Å². The Morgan fingerprint density at radius 1 is 0.438 bits per heavy atom. The number of hydrogen-bond acceptors (Lipinski definition) is 3. The van der Waals surface area contributed by atoms with Crippen molar-refractivity contribution in [1.82, 2.24) is 14.5 Å². The Balaban J connectivity index is 1.36. The molecule has 3 aromatic heterocycles. The first-order valence-corrected chi connectivity index (χ1v) is 16.2. The minimum Gasteiger partial charge on any atom is -0.455 e. The predicted octanol–water partition coefficient (Wildman–Crippen LogP) is 11.6. The van der Waals surface area contributed by atoms with Gasteiger partial charge in [-0.15, -0.1) is 0 Å². The number of fused-ring (bicyclic) bond motifs is 8. The van der Waals surface area contributed by atoms with Gasteiger partial charge >= 0.3 is 0 Å². The first-order valence-electron chi connectivity index (χ1n) is 16.2. The fourth-order valence-corrected chi connectivity index (χ4v) is 7.25. The van der Waals surface area contributed by atoms with Gasteiger partial charge in [-0.3, -0.25) is 0 Å². The minimum atomic E-state index is 0.673. The first kappa shape index (κ1) is 26.7. The third-order valence-corrected chi connectivity index (χ3v) is 9.41. The third kappa shape index (κ3) is 4.03. The molecule has 48 heavy (non-hydrogen) atoms. The molecule has 0 aliphatic heterocycles. The highest BCUT2D eigenvalue weighted by Gasteiger charge is 2.22. The molecule has 3 heterocycles. The molecular weight excluding hydrogens is 587 g/mol. The van der Waals surface area contributed by atoms with E-state index in [9.17, 15) is 0 Å². The van der Waals surface area contributed by atoms with E-state index < -0.39 is 0 Å². The summed E-state index contributed by atoms with van der Waals surface area (Å²) in [6.07, 6.45) is 0. The van der Waals surface area contributed by atoms with Crippen molar-refractivity contribution in [2.24, 2.45) is 0 Å². The molecule has 0 saturated heterocycles. The number of nitrogens with zero attached hydrogens (tertiary/aromatic N) is 3. The van der Waals surface area contributed by atoms with E-state index in [0.29, 0.717) is 5.82 Å². The van der Waals surface area contributed by atoms with Gasteiger partial charge in [-0.1, -0.05) is 127 Å². The molecule has 0 aliphatic rings. The standard InChI is InChI=1S/C44H27N3O/c1-3-14-28(15-4-1)36-27-37(29-16-5-2-6-17-29)46-44(45-36)35-26-34-32-20-9-12-25-41(32)48-43(34)42-33(35)21-13-24-40(42)47-38-22-10-7-18-30(38)31-19-8-11-23-39(31)47/h1-27H. The highest BCUT2D eigenvalue weighted by Crippen LogP contribution is 2.44. The Hall–Kier alpha value is -6.52. The van der Waals surface area contributed by atoms with E-state index in [0.717, 1.165) is 77.5 Å². The second-order valence-corrected chi connectivity index (χ2v) is 12.2. The molecule has 0 bridgehead atoms. The van der Waals surface area contributed by atoms with Crippen molar-refractivity contribution in [1.29, 1.82) is 0 Å².